The fourth-order valence-electron chi connectivity index (χ4n) is 1.53. The number of carbonyl (C=O) groups excluding carboxylic acids is 1. The number of benzene rings is 1. The maximum atomic E-state index is 11.9. The van der Waals surface area contributed by atoms with Crippen molar-refractivity contribution >= 4 is 16.0 Å². The summed E-state index contributed by atoms with van der Waals surface area (Å²) in [5.41, 5.74) is 0. The van der Waals surface area contributed by atoms with E-state index in [1.54, 1.807) is 6.92 Å². The first-order valence-corrected chi connectivity index (χ1v) is 8.36. The molecule has 7 heteroatoms. The van der Waals surface area contributed by atoms with Crippen molar-refractivity contribution in [3.63, 3.8) is 0 Å². The highest BCUT2D eigenvalue weighted by atomic mass is 32.2. The summed E-state index contributed by atoms with van der Waals surface area (Å²) in [7, 11) is -3.49. The first-order valence-electron chi connectivity index (χ1n) is 6.87. The third kappa shape index (κ3) is 6.14. The van der Waals surface area contributed by atoms with Gasteiger partial charge in [-0.3, -0.25) is 0 Å². The highest BCUT2D eigenvalue weighted by Gasteiger charge is 2.13. The molecule has 0 radical (unpaired) electrons. The molecule has 1 rings (SSSR count). The maximum Gasteiger partial charge on any atom is 0.344 e. The van der Waals surface area contributed by atoms with E-state index in [-0.39, 0.29) is 11.5 Å². The largest absolute Gasteiger partial charge is 0.482 e. The van der Waals surface area contributed by atoms with Crippen molar-refractivity contribution in [1.82, 2.24) is 4.72 Å². The average molecular weight is 315 g/mol. The van der Waals surface area contributed by atoms with Crippen molar-refractivity contribution in [1.29, 1.82) is 0 Å². The Morgan fingerprint density at radius 2 is 1.86 bits per heavy atom. The number of nitrogens with one attached hydrogen (secondary N) is 1. The molecule has 21 heavy (non-hydrogen) atoms. The summed E-state index contributed by atoms with van der Waals surface area (Å²) in [6.07, 6.45) is 1.71. The molecule has 1 aromatic rings. The van der Waals surface area contributed by atoms with Gasteiger partial charge in [-0.15, -0.1) is 0 Å². The Balaban J connectivity index is 2.59. The molecule has 118 valence electrons. The zero-order valence-corrected chi connectivity index (χ0v) is 13.1. The van der Waals surface area contributed by atoms with Gasteiger partial charge in [0.15, 0.2) is 6.61 Å². The Morgan fingerprint density at radius 1 is 1.19 bits per heavy atom. The SMILES string of the molecule is CCCCNS(=O)(=O)c1ccc(OCC(=O)OCC)cc1. The molecular formula is C14H21NO5S. The molecule has 0 unspecified atom stereocenters. The van der Waals surface area contributed by atoms with Crippen LogP contribution in [0.5, 0.6) is 5.75 Å². The Hall–Kier alpha value is -1.60. The van der Waals surface area contributed by atoms with E-state index in [1.807, 2.05) is 6.92 Å². The summed E-state index contributed by atoms with van der Waals surface area (Å²) in [6.45, 7) is 4.21. The fourth-order valence-corrected chi connectivity index (χ4v) is 2.60. The van der Waals surface area contributed by atoms with E-state index in [0.29, 0.717) is 18.9 Å². The van der Waals surface area contributed by atoms with Crippen molar-refractivity contribution in [3.8, 4) is 5.75 Å². The van der Waals surface area contributed by atoms with Gasteiger partial charge >= 0.3 is 5.97 Å². The summed E-state index contributed by atoms with van der Waals surface area (Å²) in [5, 5.41) is 0. The van der Waals surface area contributed by atoms with Gasteiger partial charge < -0.3 is 9.47 Å². The predicted octanol–water partition coefficient (Wildman–Crippen LogP) is 1.71. The third-order valence-electron chi connectivity index (χ3n) is 2.62. The van der Waals surface area contributed by atoms with E-state index in [2.05, 4.69) is 4.72 Å². The molecule has 0 aromatic heterocycles. The Morgan fingerprint density at radius 3 is 2.43 bits per heavy atom. The van der Waals surface area contributed by atoms with Gasteiger partial charge in [-0.25, -0.2) is 17.9 Å². The lowest BCUT2D eigenvalue weighted by Crippen LogP contribution is -2.24. The minimum atomic E-state index is -3.49. The van der Waals surface area contributed by atoms with Crippen LogP contribution in [0.1, 0.15) is 26.7 Å². The highest BCUT2D eigenvalue weighted by Crippen LogP contribution is 2.15. The van der Waals surface area contributed by atoms with Crippen LogP contribution in [-0.2, 0) is 19.6 Å². The molecule has 0 aliphatic rings. The summed E-state index contributed by atoms with van der Waals surface area (Å²) >= 11 is 0. The fraction of sp³-hybridized carbons (Fsp3) is 0.500. The number of sulfonamides is 1. The van der Waals surface area contributed by atoms with Gasteiger partial charge in [-0.2, -0.15) is 0 Å². The molecule has 0 spiro atoms. The van der Waals surface area contributed by atoms with Gasteiger partial charge in [0.25, 0.3) is 0 Å². The van der Waals surface area contributed by atoms with Gasteiger partial charge in [-0.05, 0) is 37.6 Å². The van der Waals surface area contributed by atoms with Crippen molar-refractivity contribution in [2.75, 3.05) is 19.8 Å². The number of esters is 1. The molecule has 0 heterocycles. The van der Waals surface area contributed by atoms with E-state index in [0.717, 1.165) is 12.8 Å². The Bertz CT molecular complexity index is 539. The minimum absolute atomic E-state index is 0.169. The van der Waals surface area contributed by atoms with Gasteiger partial charge in [0.2, 0.25) is 10.0 Å². The maximum absolute atomic E-state index is 11.9. The van der Waals surface area contributed by atoms with Crippen molar-refractivity contribution in [2.45, 2.75) is 31.6 Å². The summed E-state index contributed by atoms with van der Waals surface area (Å²) in [6, 6.07) is 5.89. The van der Waals surface area contributed by atoms with Gasteiger partial charge in [0, 0.05) is 6.54 Å². The zero-order valence-electron chi connectivity index (χ0n) is 12.3. The number of carbonyl (C=O) groups is 1. The second kappa shape index (κ2) is 8.63. The van der Waals surface area contributed by atoms with Gasteiger partial charge in [0.05, 0.1) is 11.5 Å². The average Bonchev–Trinajstić information content (AvgIpc) is 2.46. The topological polar surface area (TPSA) is 81.7 Å². The second-order valence-electron chi connectivity index (χ2n) is 4.32. The van der Waals surface area contributed by atoms with E-state index in [9.17, 15) is 13.2 Å². The van der Waals surface area contributed by atoms with E-state index >= 15 is 0 Å². The summed E-state index contributed by atoms with van der Waals surface area (Å²) in [4.78, 5) is 11.3. The van der Waals surface area contributed by atoms with Gasteiger partial charge in [0.1, 0.15) is 5.75 Å². The monoisotopic (exact) mass is 315 g/mol. The molecule has 0 fully saturated rings. The van der Waals surface area contributed by atoms with Gasteiger partial charge in [-0.1, -0.05) is 13.3 Å². The van der Waals surface area contributed by atoms with Crippen LogP contribution in [0.25, 0.3) is 0 Å². The van der Waals surface area contributed by atoms with Crippen LogP contribution in [-0.4, -0.2) is 34.1 Å². The summed E-state index contributed by atoms with van der Waals surface area (Å²) in [5.74, 6) is -0.0500. The lowest BCUT2D eigenvalue weighted by atomic mass is 10.3. The number of rotatable bonds is 9. The molecule has 1 aromatic carbocycles. The van der Waals surface area contributed by atoms with Crippen LogP contribution in [0.2, 0.25) is 0 Å². The first-order chi connectivity index (χ1) is 9.99. The Labute approximate surface area is 125 Å². The van der Waals surface area contributed by atoms with Crippen LogP contribution in [0.3, 0.4) is 0 Å². The van der Waals surface area contributed by atoms with Crippen LogP contribution in [0.15, 0.2) is 29.2 Å². The van der Waals surface area contributed by atoms with Crippen molar-refractivity contribution in [2.24, 2.45) is 0 Å². The molecular weight excluding hydrogens is 294 g/mol. The number of unbranched alkanes of at least 4 members (excludes halogenated alkanes) is 1. The molecule has 0 aliphatic carbocycles. The zero-order chi connectivity index (χ0) is 15.7. The van der Waals surface area contributed by atoms with E-state index < -0.39 is 16.0 Å². The van der Waals surface area contributed by atoms with Crippen molar-refractivity contribution in [3.05, 3.63) is 24.3 Å². The standard InChI is InChI=1S/C14H21NO5S/c1-3-5-10-15-21(17,18)13-8-6-12(7-9-13)20-11-14(16)19-4-2/h6-9,15H,3-5,10-11H2,1-2H3. The smallest absolute Gasteiger partial charge is 0.344 e. The number of hydrogen-bond acceptors (Lipinski definition) is 5. The van der Waals surface area contributed by atoms with Crippen LogP contribution >= 0.6 is 0 Å². The van der Waals surface area contributed by atoms with E-state index in [1.165, 1.54) is 24.3 Å². The molecule has 0 atom stereocenters. The van der Waals surface area contributed by atoms with Crippen molar-refractivity contribution < 1.29 is 22.7 Å². The highest BCUT2D eigenvalue weighted by molar-refractivity contribution is 7.89. The minimum Gasteiger partial charge on any atom is -0.482 e. The lowest BCUT2D eigenvalue weighted by molar-refractivity contribution is -0.145. The molecule has 6 nitrogen and oxygen atoms in total. The molecule has 0 amide bonds. The number of ether oxygens (including phenoxy) is 2. The molecule has 0 saturated carbocycles. The van der Waals surface area contributed by atoms with E-state index in [4.69, 9.17) is 9.47 Å². The third-order valence-corrected chi connectivity index (χ3v) is 4.10. The summed E-state index contributed by atoms with van der Waals surface area (Å²) < 4.78 is 36.3. The molecule has 0 saturated heterocycles. The molecule has 1 N–H and O–H groups in total. The first kappa shape index (κ1) is 17.5. The van der Waals surface area contributed by atoms with Crippen LogP contribution in [0, 0.1) is 0 Å². The number of hydrogen-bond donors (Lipinski definition) is 1. The lowest BCUT2D eigenvalue weighted by Gasteiger charge is -2.08. The quantitative estimate of drug-likeness (QED) is 0.554. The predicted molar refractivity (Wildman–Crippen MR) is 78.7 cm³/mol. The second-order valence-corrected chi connectivity index (χ2v) is 6.08. The molecule has 0 aliphatic heterocycles. The Kier molecular flexibility index (Phi) is 7.18. The van der Waals surface area contributed by atoms with Crippen LogP contribution < -0.4 is 9.46 Å². The van der Waals surface area contributed by atoms with Crippen LogP contribution in [0.4, 0.5) is 0 Å². The molecule has 0 bridgehead atoms. The normalized spacial score (nSPS) is 11.1.